The van der Waals surface area contributed by atoms with Gasteiger partial charge in [-0.2, -0.15) is 3.94 Å². The number of rotatable bonds is 2. The molecule has 4 heteroatoms. The Morgan fingerprint density at radius 1 is 1.75 bits per heavy atom. The molecule has 0 unspecified atom stereocenters. The Bertz CT molecular complexity index is 102. The van der Waals surface area contributed by atoms with Crippen LogP contribution in [0.5, 0.6) is 0 Å². The fourth-order valence-electron chi connectivity index (χ4n) is 0.192. The highest BCUT2D eigenvalue weighted by atomic mass is 35.5. The van der Waals surface area contributed by atoms with Crippen LogP contribution in [0, 0.1) is 0 Å². The second-order valence-corrected chi connectivity index (χ2v) is 1.97. The van der Waals surface area contributed by atoms with Crippen LogP contribution in [0.15, 0.2) is 12.7 Å². The number of hydrogen-bond acceptors (Lipinski definition) is 1. The molecule has 1 amide bonds. The normalized spacial score (nSPS) is 8.25. The smallest absolute Gasteiger partial charge is 0.255 e. The van der Waals surface area contributed by atoms with Crippen molar-refractivity contribution in [3.05, 3.63) is 12.7 Å². The Kier molecular flexibility index (Phi) is 3.65. The first kappa shape index (κ1) is 7.79. The van der Waals surface area contributed by atoms with Crippen LogP contribution in [-0.4, -0.2) is 9.85 Å². The second-order valence-electron chi connectivity index (χ2n) is 1.12. The molecule has 0 aromatic rings. The van der Waals surface area contributed by atoms with Crippen molar-refractivity contribution in [3.8, 4) is 0 Å². The van der Waals surface area contributed by atoms with E-state index in [0.717, 1.165) is 0 Å². The molecule has 0 aliphatic heterocycles. The Labute approximate surface area is 57.9 Å². The van der Waals surface area contributed by atoms with Crippen molar-refractivity contribution in [3.63, 3.8) is 0 Å². The molecule has 0 aliphatic carbocycles. The summed E-state index contributed by atoms with van der Waals surface area (Å²) in [4.78, 5) is 10.3. The lowest BCUT2D eigenvalue weighted by Gasteiger charge is -1.97. The van der Waals surface area contributed by atoms with Gasteiger partial charge in [-0.3, -0.25) is 4.79 Å². The summed E-state index contributed by atoms with van der Waals surface area (Å²) in [5.41, 5.74) is 0. The van der Waals surface area contributed by atoms with Crippen LogP contribution in [0.3, 0.4) is 0 Å². The molecule has 0 saturated carbocycles. The number of nitrogens with zero attached hydrogens (tertiary/aromatic N) is 1. The standard InChI is InChI=1S/C4H5Cl2NO/c1-2-3-4(8)7(5)6/h2H,1,3H2. The summed E-state index contributed by atoms with van der Waals surface area (Å²) in [5, 5.41) is 0. The van der Waals surface area contributed by atoms with Gasteiger partial charge in [0, 0.05) is 30.0 Å². The van der Waals surface area contributed by atoms with Crippen LogP contribution in [0.1, 0.15) is 6.42 Å². The zero-order chi connectivity index (χ0) is 6.57. The van der Waals surface area contributed by atoms with Gasteiger partial charge in [0.25, 0.3) is 5.91 Å². The van der Waals surface area contributed by atoms with E-state index in [1.165, 1.54) is 6.08 Å². The van der Waals surface area contributed by atoms with Crippen LogP contribution < -0.4 is 0 Å². The van der Waals surface area contributed by atoms with Gasteiger partial charge in [-0.15, -0.1) is 6.58 Å². The predicted octanol–water partition coefficient (Wildman–Crippen LogP) is 1.70. The lowest BCUT2D eigenvalue weighted by atomic mass is 10.4. The van der Waals surface area contributed by atoms with E-state index in [1.807, 2.05) is 0 Å². The van der Waals surface area contributed by atoms with Gasteiger partial charge in [-0.1, -0.05) is 6.08 Å². The molecule has 0 N–H and O–H groups in total. The van der Waals surface area contributed by atoms with Crippen molar-refractivity contribution >= 4 is 29.5 Å². The molecule has 0 heterocycles. The third-order valence-corrected chi connectivity index (χ3v) is 0.885. The topological polar surface area (TPSA) is 20.3 Å². The van der Waals surface area contributed by atoms with E-state index in [0.29, 0.717) is 3.94 Å². The van der Waals surface area contributed by atoms with Crippen LogP contribution in [-0.2, 0) is 4.79 Å². The second kappa shape index (κ2) is 3.75. The van der Waals surface area contributed by atoms with Crippen molar-refractivity contribution in [2.45, 2.75) is 6.42 Å². The zero-order valence-corrected chi connectivity index (χ0v) is 5.61. The van der Waals surface area contributed by atoms with Crippen molar-refractivity contribution in [1.29, 1.82) is 0 Å². The van der Waals surface area contributed by atoms with Gasteiger partial charge >= 0.3 is 0 Å². The lowest BCUT2D eigenvalue weighted by molar-refractivity contribution is -0.122. The summed E-state index contributed by atoms with van der Waals surface area (Å²) in [7, 11) is 0. The van der Waals surface area contributed by atoms with E-state index < -0.39 is 0 Å². The zero-order valence-electron chi connectivity index (χ0n) is 4.10. The van der Waals surface area contributed by atoms with E-state index in [-0.39, 0.29) is 12.3 Å². The first-order valence-electron chi connectivity index (χ1n) is 1.94. The Morgan fingerprint density at radius 3 is 2.38 bits per heavy atom. The third-order valence-electron chi connectivity index (χ3n) is 0.507. The number of carbonyl (C=O) groups is 1. The number of halogens is 2. The number of amides is 1. The molecule has 0 radical (unpaired) electrons. The van der Waals surface area contributed by atoms with Crippen LogP contribution in [0.25, 0.3) is 0 Å². The van der Waals surface area contributed by atoms with E-state index in [2.05, 4.69) is 6.58 Å². The Balaban J connectivity index is 3.48. The quantitative estimate of drug-likeness (QED) is 0.437. The monoisotopic (exact) mass is 153 g/mol. The molecular formula is C4H5Cl2NO. The summed E-state index contributed by atoms with van der Waals surface area (Å²) in [6.45, 7) is 3.32. The minimum Gasteiger partial charge on any atom is -0.272 e. The maximum absolute atomic E-state index is 10.3. The summed E-state index contributed by atoms with van der Waals surface area (Å²) in [6, 6.07) is 0. The summed E-state index contributed by atoms with van der Waals surface area (Å²) in [6.07, 6.45) is 1.60. The SMILES string of the molecule is C=CCC(=O)N(Cl)Cl. The molecule has 0 bridgehead atoms. The molecule has 2 nitrogen and oxygen atoms in total. The van der Waals surface area contributed by atoms with Crippen molar-refractivity contribution in [2.75, 3.05) is 0 Å². The lowest BCUT2D eigenvalue weighted by Crippen LogP contribution is -2.08. The van der Waals surface area contributed by atoms with Gasteiger partial charge in [0.15, 0.2) is 0 Å². The molecule has 0 aliphatic rings. The van der Waals surface area contributed by atoms with Crippen molar-refractivity contribution in [1.82, 2.24) is 3.94 Å². The maximum atomic E-state index is 10.3. The van der Waals surface area contributed by atoms with Gasteiger partial charge < -0.3 is 0 Å². The van der Waals surface area contributed by atoms with Crippen LogP contribution >= 0.6 is 23.6 Å². The molecule has 0 atom stereocenters. The molecular weight excluding hydrogens is 149 g/mol. The Hall–Kier alpha value is -0.210. The van der Waals surface area contributed by atoms with Gasteiger partial charge in [0.1, 0.15) is 0 Å². The van der Waals surface area contributed by atoms with Crippen molar-refractivity contribution in [2.24, 2.45) is 0 Å². The molecule has 0 spiro atoms. The molecule has 46 valence electrons. The average Bonchev–Trinajstić information content (AvgIpc) is 1.67. The first-order chi connectivity index (χ1) is 3.68. The van der Waals surface area contributed by atoms with Crippen LogP contribution in [0.4, 0.5) is 0 Å². The fraction of sp³-hybridized carbons (Fsp3) is 0.250. The molecule has 0 aromatic carbocycles. The van der Waals surface area contributed by atoms with E-state index in [4.69, 9.17) is 23.6 Å². The van der Waals surface area contributed by atoms with Gasteiger partial charge in [0.05, 0.1) is 0 Å². The predicted molar refractivity (Wildman–Crippen MR) is 33.4 cm³/mol. The maximum Gasteiger partial charge on any atom is 0.255 e. The number of carbonyl (C=O) groups excluding carboxylic acids is 1. The highest BCUT2D eigenvalue weighted by Crippen LogP contribution is 2.01. The number of hydrogen-bond donors (Lipinski definition) is 0. The summed E-state index contributed by atoms with van der Waals surface area (Å²) < 4.78 is 0.488. The third kappa shape index (κ3) is 2.88. The largest absolute Gasteiger partial charge is 0.272 e. The first-order valence-corrected chi connectivity index (χ1v) is 2.61. The Morgan fingerprint density at radius 2 is 2.25 bits per heavy atom. The minimum absolute atomic E-state index is 0.174. The van der Waals surface area contributed by atoms with Crippen LogP contribution in [0.2, 0.25) is 0 Å². The van der Waals surface area contributed by atoms with E-state index in [9.17, 15) is 4.79 Å². The fourth-order valence-corrected chi connectivity index (χ4v) is 0.330. The molecule has 0 fully saturated rings. The van der Waals surface area contributed by atoms with Crippen molar-refractivity contribution < 1.29 is 4.79 Å². The molecule has 0 saturated heterocycles. The van der Waals surface area contributed by atoms with E-state index >= 15 is 0 Å². The van der Waals surface area contributed by atoms with Gasteiger partial charge in [-0.05, 0) is 0 Å². The highest BCUT2D eigenvalue weighted by molar-refractivity contribution is 6.41. The summed E-state index contributed by atoms with van der Waals surface area (Å²) in [5.74, 6) is -0.372. The average molecular weight is 154 g/mol. The summed E-state index contributed by atoms with van der Waals surface area (Å²) >= 11 is 10.0. The minimum atomic E-state index is -0.372. The van der Waals surface area contributed by atoms with E-state index in [1.54, 1.807) is 0 Å². The molecule has 8 heavy (non-hydrogen) atoms. The molecule has 0 rings (SSSR count). The highest BCUT2D eigenvalue weighted by Gasteiger charge is 2.02. The van der Waals surface area contributed by atoms with Gasteiger partial charge in [0.2, 0.25) is 0 Å². The van der Waals surface area contributed by atoms with Gasteiger partial charge in [-0.25, -0.2) is 0 Å². The molecule has 0 aromatic heterocycles.